The summed E-state index contributed by atoms with van der Waals surface area (Å²) in [5.74, 6) is 0.754. The molecule has 3 aromatic rings. The Balaban J connectivity index is 1.63. The van der Waals surface area contributed by atoms with E-state index in [1.165, 1.54) is 10.2 Å². The molecule has 0 bridgehead atoms. The number of ether oxygens (including phenoxy) is 1. The highest BCUT2D eigenvalue weighted by Crippen LogP contribution is 2.09. The van der Waals surface area contributed by atoms with Crippen molar-refractivity contribution in [2.45, 2.75) is 19.6 Å². The minimum atomic E-state index is -0.222. The van der Waals surface area contributed by atoms with E-state index in [1.807, 2.05) is 30.1 Å². The second-order valence-electron chi connectivity index (χ2n) is 5.90. The molecular formula is C18H21N5O3. The summed E-state index contributed by atoms with van der Waals surface area (Å²) < 4.78 is 11.3. The van der Waals surface area contributed by atoms with Crippen LogP contribution in [-0.2, 0) is 24.3 Å². The van der Waals surface area contributed by atoms with Gasteiger partial charge in [-0.1, -0.05) is 35.5 Å². The standard InChI is InChI=1S/C18H21N5O3/c1-22(9-8-14-6-4-3-5-7-14)15-10-18(24)23(19-11-15)12-17-20-16(13-25-2)21-26-17/h3-7,10-11H,8-9,12-13H2,1-2H3. The van der Waals surface area contributed by atoms with Crippen molar-refractivity contribution < 1.29 is 9.26 Å². The average molecular weight is 355 g/mol. The molecule has 0 radical (unpaired) electrons. The van der Waals surface area contributed by atoms with Crippen molar-refractivity contribution >= 4 is 5.69 Å². The van der Waals surface area contributed by atoms with Gasteiger partial charge in [-0.25, -0.2) is 4.68 Å². The molecule has 26 heavy (non-hydrogen) atoms. The Kier molecular flexibility index (Phi) is 5.75. The normalized spacial score (nSPS) is 10.8. The molecule has 2 heterocycles. The van der Waals surface area contributed by atoms with Crippen molar-refractivity contribution in [3.63, 3.8) is 0 Å². The second kappa shape index (κ2) is 8.39. The first kappa shape index (κ1) is 17.8. The van der Waals surface area contributed by atoms with E-state index in [1.54, 1.807) is 19.4 Å². The van der Waals surface area contributed by atoms with E-state index in [0.717, 1.165) is 18.7 Å². The first-order valence-electron chi connectivity index (χ1n) is 8.28. The zero-order valence-corrected chi connectivity index (χ0v) is 14.8. The largest absolute Gasteiger partial charge is 0.377 e. The molecule has 8 heteroatoms. The van der Waals surface area contributed by atoms with Crippen LogP contribution in [0.15, 0.2) is 51.9 Å². The molecule has 0 aliphatic carbocycles. The Labute approximate surface area is 151 Å². The number of methoxy groups -OCH3 is 1. The Hall–Kier alpha value is -3.00. The molecular weight excluding hydrogens is 334 g/mol. The highest BCUT2D eigenvalue weighted by molar-refractivity contribution is 5.42. The van der Waals surface area contributed by atoms with E-state index in [-0.39, 0.29) is 18.7 Å². The maximum Gasteiger partial charge on any atom is 0.269 e. The smallest absolute Gasteiger partial charge is 0.269 e. The molecule has 0 N–H and O–H groups in total. The van der Waals surface area contributed by atoms with Crippen molar-refractivity contribution in [2.75, 3.05) is 25.6 Å². The maximum atomic E-state index is 12.3. The summed E-state index contributed by atoms with van der Waals surface area (Å²) in [6, 6.07) is 11.8. The van der Waals surface area contributed by atoms with Gasteiger partial charge >= 0.3 is 0 Å². The molecule has 136 valence electrons. The number of likely N-dealkylation sites (N-methyl/N-ethyl adjacent to an activating group) is 1. The lowest BCUT2D eigenvalue weighted by atomic mass is 10.1. The van der Waals surface area contributed by atoms with Crippen molar-refractivity contribution in [1.29, 1.82) is 0 Å². The van der Waals surface area contributed by atoms with Crippen LogP contribution in [0.2, 0.25) is 0 Å². The molecule has 0 saturated carbocycles. The first-order chi connectivity index (χ1) is 12.7. The molecule has 2 aromatic heterocycles. The Bertz CT molecular complexity index is 891. The van der Waals surface area contributed by atoms with Gasteiger partial charge in [0.05, 0.1) is 11.9 Å². The van der Waals surface area contributed by atoms with Crippen LogP contribution >= 0.6 is 0 Å². The van der Waals surface area contributed by atoms with E-state index in [4.69, 9.17) is 9.26 Å². The van der Waals surface area contributed by atoms with E-state index in [2.05, 4.69) is 27.4 Å². The van der Waals surface area contributed by atoms with Crippen molar-refractivity contribution in [2.24, 2.45) is 0 Å². The van der Waals surface area contributed by atoms with Crippen molar-refractivity contribution in [3.8, 4) is 0 Å². The molecule has 0 spiro atoms. The van der Waals surface area contributed by atoms with Crippen LogP contribution in [0.1, 0.15) is 17.3 Å². The van der Waals surface area contributed by atoms with Crippen LogP contribution < -0.4 is 10.5 Å². The molecule has 1 aromatic carbocycles. The summed E-state index contributed by atoms with van der Waals surface area (Å²) in [7, 11) is 3.49. The van der Waals surface area contributed by atoms with Crippen LogP contribution in [-0.4, -0.2) is 40.6 Å². The predicted octanol–water partition coefficient (Wildman–Crippen LogP) is 1.50. The zero-order valence-electron chi connectivity index (χ0n) is 14.8. The van der Waals surface area contributed by atoms with Gasteiger partial charge in [0, 0.05) is 26.8 Å². The van der Waals surface area contributed by atoms with Crippen LogP contribution in [0.4, 0.5) is 5.69 Å². The number of anilines is 1. The lowest BCUT2D eigenvalue weighted by Crippen LogP contribution is -2.27. The third-order valence-electron chi connectivity index (χ3n) is 3.94. The van der Waals surface area contributed by atoms with Gasteiger partial charge in [0.15, 0.2) is 5.82 Å². The fourth-order valence-electron chi connectivity index (χ4n) is 2.49. The molecule has 0 amide bonds. The van der Waals surface area contributed by atoms with Crippen molar-refractivity contribution in [1.82, 2.24) is 19.9 Å². The first-order valence-corrected chi connectivity index (χ1v) is 8.28. The van der Waals surface area contributed by atoms with Crippen molar-refractivity contribution in [3.05, 3.63) is 70.2 Å². The Morgan fingerprint density at radius 1 is 1.27 bits per heavy atom. The molecule has 0 aliphatic heterocycles. The number of hydrogen-bond acceptors (Lipinski definition) is 7. The average Bonchev–Trinajstić information content (AvgIpc) is 3.09. The van der Waals surface area contributed by atoms with Gasteiger partial charge in [0.25, 0.3) is 5.56 Å². The SMILES string of the molecule is COCc1noc(Cn2ncc(N(C)CCc3ccccc3)cc2=O)n1. The molecule has 0 aliphatic rings. The van der Waals surface area contributed by atoms with Gasteiger partial charge < -0.3 is 14.2 Å². The second-order valence-corrected chi connectivity index (χ2v) is 5.90. The zero-order chi connectivity index (χ0) is 18.4. The van der Waals surface area contributed by atoms with Gasteiger partial charge in [-0.3, -0.25) is 4.79 Å². The number of hydrogen-bond donors (Lipinski definition) is 0. The summed E-state index contributed by atoms with van der Waals surface area (Å²) in [6.07, 6.45) is 2.56. The Morgan fingerprint density at radius 3 is 2.81 bits per heavy atom. The predicted molar refractivity (Wildman–Crippen MR) is 96.0 cm³/mol. The van der Waals surface area contributed by atoms with E-state index in [9.17, 15) is 4.79 Å². The highest BCUT2D eigenvalue weighted by atomic mass is 16.5. The molecule has 0 fully saturated rings. The van der Waals surface area contributed by atoms with E-state index < -0.39 is 0 Å². The van der Waals surface area contributed by atoms with Gasteiger partial charge in [0.2, 0.25) is 5.89 Å². The quantitative estimate of drug-likeness (QED) is 0.605. The van der Waals surface area contributed by atoms with E-state index >= 15 is 0 Å². The molecule has 8 nitrogen and oxygen atoms in total. The van der Waals surface area contributed by atoms with Gasteiger partial charge in [-0.15, -0.1) is 0 Å². The fourth-order valence-corrected chi connectivity index (χ4v) is 2.49. The number of aromatic nitrogens is 4. The highest BCUT2D eigenvalue weighted by Gasteiger charge is 2.10. The third-order valence-corrected chi connectivity index (χ3v) is 3.94. The molecule has 0 atom stereocenters. The van der Waals surface area contributed by atoms with Gasteiger partial charge in [0.1, 0.15) is 13.2 Å². The summed E-state index contributed by atoms with van der Waals surface area (Å²) in [6.45, 7) is 1.18. The lowest BCUT2D eigenvalue weighted by molar-refractivity contribution is 0.174. The minimum absolute atomic E-state index is 0.129. The summed E-state index contributed by atoms with van der Waals surface area (Å²) in [5, 5.41) is 7.98. The van der Waals surface area contributed by atoms with Gasteiger partial charge in [-0.2, -0.15) is 10.1 Å². The van der Waals surface area contributed by atoms with Crippen LogP contribution in [0, 0.1) is 0 Å². The van der Waals surface area contributed by atoms with Gasteiger partial charge in [-0.05, 0) is 12.0 Å². The summed E-state index contributed by atoms with van der Waals surface area (Å²) in [5.41, 5.74) is 1.80. The summed E-state index contributed by atoms with van der Waals surface area (Å²) >= 11 is 0. The third kappa shape index (κ3) is 4.54. The Morgan fingerprint density at radius 2 is 2.08 bits per heavy atom. The van der Waals surface area contributed by atoms with Crippen LogP contribution in [0.3, 0.4) is 0 Å². The topological polar surface area (TPSA) is 86.3 Å². The molecule has 0 saturated heterocycles. The number of benzene rings is 1. The molecule has 0 unspecified atom stereocenters. The molecule has 3 rings (SSSR count). The number of nitrogens with zero attached hydrogens (tertiary/aromatic N) is 5. The van der Waals surface area contributed by atoms with Crippen LogP contribution in [0.5, 0.6) is 0 Å². The van der Waals surface area contributed by atoms with Crippen LogP contribution in [0.25, 0.3) is 0 Å². The maximum absolute atomic E-state index is 12.3. The van der Waals surface area contributed by atoms with E-state index in [0.29, 0.717) is 11.7 Å². The lowest BCUT2D eigenvalue weighted by Gasteiger charge is -2.18. The fraction of sp³-hybridized carbons (Fsp3) is 0.333. The minimum Gasteiger partial charge on any atom is -0.377 e. The summed E-state index contributed by atoms with van der Waals surface area (Å²) in [4.78, 5) is 18.5. The monoisotopic (exact) mass is 355 g/mol. The number of rotatable bonds is 8.